The minimum Gasteiger partial charge on any atom is -0.460 e. The third kappa shape index (κ3) is 6.60. The normalized spacial score (nSPS) is 53.3. The van der Waals surface area contributed by atoms with E-state index in [0.29, 0.717) is 54.0 Å². The lowest BCUT2D eigenvalue weighted by atomic mass is 9.43. The van der Waals surface area contributed by atoms with Crippen LogP contribution in [0.25, 0.3) is 0 Å². The molecule has 6 nitrogen and oxygen atoms in total. The molecule has 9 rings (SSSR count). The maximum Gasteiger partial charge on any atom is 0.309 e. The van der Waals surface area contributed by atoms with Crippen molar-refractivity contribution in [2.45, 2.75) is 180 Å². The molecule has 49 heavy (non-hydrogen) atoms. The number of aliphatic hydroxyl groups is 2. The molecule has 9 fully saturated rings. The van der Waals surface area contributed by atoms with Crippen molar-refractivity contribution in [3.8, 4) is 0 Å². The number of rotatable bonds is 7. The summed E-state index contributed by atoms with van der Waals surface area (Å²) in [5.74, 6) is 5.97. The number of fused-ring (bicyclic) bond motifs is 2. The maximum atomic E-state index is 13.2. The maximum absolute atomic E-state index is 13.2. The molecule has 6 bridgehead atoms. The SMILES string of the molecule is CC1CC(CC2CC(CC3C4CC(C(=O)OC(C)(C)C)C(C4)C3C)CC(O)(C3COC(C)(C)O3)C2)CC(O)(C23CC4CC(CC(C4)C2)C3)C1. The Kier molecular flexibility index (Phi) is 8.78. The van der Waals surface area contributed by atoms with Crippen molar-refractivity contribution < 1.29 is 29.2 Å². The summed E-state index contributed by atoms with van der Waals surface area (Å²) in [6.07, 6.45) is 18.0. The first-order valence-corrected chi connectivity index (χ1v) is 20.9. The summed E-state index contributed by atoms with van der Waals surface area (Å²) in [6, 6.07) is 0. The molecule has 0 aromatic heterocycles. The van der Waals surface area contributed by atoms with E-state index in [1.54, 1.807) is 0 Å². The fraction of sp³-hybridized carbons (Fsp3) is 0.977. The average Bonchev–Trinajstić information content (AvgIpc) is 3.64. The Morgan fingerprint density at radius 1 is 0.776 bits per heavy atom. The van der Waals surface area contributed by atoms with E-state index in [2.05, 4.69) is 13.8 Å². The Labute approximate surface area is 297 Å². The van der Waals surface area contributed by atoms with Gasteiger partial charge in [-0.15, -0.1) is 0 Å². The standard InChI is InChI=1S/C43H70O6/c1-25-8-27(23-43(46,17-25)41-18-28-10-29(19-41)12-30(11-28)20-41)9-31-13-32(22-42(45,21-31)37-24-47-40(6,7)48-37)14-34-26(2)35-15-33(34)16-36(35)38(44)49-39(3,4)5/h25-37,45-46H,8-24H2,1-7H3. The molecule has 12 atom stereocenters. The second-order valence-corrected chi connectivity index (χ2v) is 21.7. The lowest BCUT2D eigenvalue weighted by Crippen LogP contribution is -2.60. The van der Waals surface area contributed by atoms with E-state index in [1.165, 1.54) is 44.9 Å². The number of hydrogen-bond acceptors (Lipinski definition) is 6. The Hall–Kier alpha value is -0.690. The molecule has 0 radical (unpaired) electrons. The molecule has 0 amide bonds. The molecule has 0 aromatic rings. The Morgan fingerprint density at radius 2 is 1.39 bits per heavy atom. The average molecular weight is 683 g/mol. The molecular weight excluding hydrogens is 612 g/mol. The second kappa shape index (κ2) is 12.2. The third-order valence-corrected chi connectivity index (χ3v) is 16.2. The van der Waals surface area contributed by atoms with Gasteiger partial charge in [0.05, 0.1) is 23.7 Å². The van der Waals surface area contributed by atoms with Crippen molar-refractivity contribution in [3.63, 3.8) is 0 Å². The van der Waals surface area contributed by atoms with Crippen LogP contribution < -0.4 is 0 Å². The van der Waals surface area contributed by atoms with Crippen LogP contribution in [-0.2, 0) is 19.0 Å². The summed E-state index contributed by atoms with van der Waals surface area (Å²) in [7, 11) is 0. The van der Waals surface area contributed by atoms with Gasteiger partial charge in [-0.05, 0) is 208 Å². The summed E-state index contributed by atoms with van der Waals surface area (Å²) in [6.45, 7) is 15.1. The Balaban J connectivity index is 0.980. The predicted octanol–water partition coefficient (Wildman–Crippen LogP) is 8.70. The molecule has 8 aliphatic carbocycles. The topological polar surface area (TPSA) is 85.2 Å². The lowest BCUT2D eigenvalue weighted by molar-refractivity contribution is -0.206. The van der Waals surface area contributed by atoms with Gasteiger partial charge in [-0.3, -0.25) is 4.79 Å². The van der Waals surface area contributed by atoms with E-state index < -0.39 is 22.6 Å². The number of esters is 1. The van der Waals surface area contributed by atoms with Crippen molar-refractivity contribution in [2.75, 3.05) is 6.61 Å². The van der Waals surface area contributed by atoms with Gasteiger partial charge in [-0.25, -0.2) is 0 Å². The van der Waals surface area contributed by atoms with Gasteiger partial charge in [0.2, 0.25) is 0 Å². The molecule has 9 aliphatic rings. The van der Waals surface area contributed by atoms with Gasteiger partial charge in [-0.2, -0.15) is 0 Å². The van der Waals surface area contributed by atoms with Crippen molar-refractivity contribution in [2.24, 2.45) is 76.4 Å². The van der Waals surface area contributed by atoms with Crippen LogP contribution in [0.1, 0.15) is 151 Å². The molecule has 6 heteroatoms. The van der Waals surface area contributed by atoms with Crippen LogP contribution in [0.2, 0.25) is 0 Å². The van der Waals surface area contributed by atoms with Gasteiger partial charge < -0.3 is 24.4 Å². The molecule has 8 saturated carbocycles. The quantitative estimate of drug-likeness (QED) is 0.262. The van der Waals surface area contributed by atoms with Gasteiger partial charge in [0.1, 0.15) is 11.7 Å². The van der Waals surface area contributed by atoms with Crippen LogP contribution in [0.5, 0.6) is 0 Å². The minimum atomic E-state index is -0.891. The number of carbonyl (C=O) groups excluding carboxylic acids is 1. The molecule has 12 unspecified atom stereocenters. The zero-order chi connectivity index (χ0) is 34.7. The smallest absolute Gasteiger partial charge is 0.309 e. The summed E-state index contributed by atoms with van der Waals surface area (Å²) in [5, 5.41) is 25.3. The van der Waals surface area contributed by atoms with Gasteiger partial charge in [-0.1, -0.05) is 13.8 Å². The van der Waals surface area contributed by atoms with E-state index in [9.17, 15) is 15.0 Å². The summed E-state index contributed by atoms with van der Waals surface area (Å²) < 4.78 is 18.3. The van der Waals surface area contributed by atoms with E-state index in [0.717, 1.165) is 75.5 Å². The Morgan fingerprint density at radius 3 is 1.96 bits per heavy atom. The molecule has 0 aromatic carbocycles. The van der Waals surface area contributed by atoms with Gasteiger partial charge in [0.15, 0.2) is 5.79 Å². The highest BCUT2D eigenvalue weighted by Gasteiger charge is 2.62. The first-order valence-electron chi connectivity index (χ1n) is 20.9. The van der Waals surface area contributed by atoms with E-state index in [1.807, 2.05) is 34.6 Å². The van der Waals surface area contributed by atoms with E-state index in [-0.39, 0.29) is 23.4 Å². The van der Waals surface area contributed by atoms with Crippen molar-refractivity contribution in [1.29, 1.82) is 0 Å². The Bertz CT molecular complexity index is 1220. The number of ether oxygens (including phenoxy) is 3. The fourth-order valence-corrected chi connectivity index (χ4v) is 15.2. The summed E-state index contributed by atoms with van der Waals surface area (Å²) >= 11 is 0. The van der Waals surface area contributed by atoms with Crippen molar-refractivity contribution >= 4 is 5.97 Å². The highest BCUT2D eigenvalue weighted by molar-refractivity contribution is 5.74. The largest absolute Gasteiger partial charge is 0.460 e. The molecule has 1 aliphatic heterocycles. The van der Waals surface area contributed by atoms with Crippen LogP contribution in [-0.4, -0.2) is 51.5 Å². The molecule has 278 valence electrons. The molecule has 0 spiro atoms. The van der Waals surface area contributed by atoms with Crippen molar-refractivity contribution in [1.82, 2.24) is 0 Å². The van der Waals surface area contributed by atoms with Crippen LogP contribution in [0.4, 0.5) is 0 Å². The molecule has 1 heterocycles. The highest BCUT2D eigenvalue weighted by atomic mass is 16.7. The van der Waals surface area contributed by atoms with Gasteiger partial charge in [0.25, 0.3) is 0 Å². The van der Waals surface area contributed by atoms with Gasteiger partial charge >= 0.3 is 5.97 Å². The number of carbonyl (C=O) groups is 1. The summed E-state index contributed by atoms with van der Waals surface area (Å²) in [5.41, 5.74) is -1.70. The zero-order valence-electron chi connectivity index (χ0n) is 32.1. The summed E-state index contributed by atoms with van der Waals surface area (Å²) in [4.78, 5) is 13.2. The monoisotopic (exact) mass is 683 g/mol. The van der Waals surface area contributed by atoms with E-state index >= 15 is 0 Å². The molecule has 2 N–H and O–H groups in total. The van der Waals surface area contributed by atoms with E-state index in [4.69, 9.17) is 14.2 Å². The van der Waals surface area contributed by atoms with Crippen LogP contribution in [0.15, 0.2) is 0 Å². The first-order chi connectivity index (χ1) is 22.9. The fourth-order valence-electron chi connectivity index (χ4n) is 15.2. The minimum absolute atomic E-state index is 0.00798. The first kappa shape index (κ1) is 35.3. The number of hydrogen-bond donors (Lipinski definition) is 2. The van der Waals surface area contributed by atoms with Crippen molar-refractivity contribution in [3.05, 3.63) is 0 Å². The molecular formula is C43H70O6. The zero-order valence-corrected chi connectivity index (χ0v) is 32.1. The van der Waals surface area contributed by atoms with Gasteiger partial charge in [0, 0.05) is 0 Å². The highest BCUT2D eigenvalue weighted by Crippen LogP contribution is 2.67. The third-order valence-electron chi connectivity index (χ3n) is 16.2. The second-order valence-electron chi connectivity index (χ2n) is 21.7. The van der Waals surface area contributed by atoms with Crippen LogP contribution in [0, 0.1) is 76.4 Å². The van der Waals surface area contributed by atoms with Crippen LogP contribution in [0.3, 0.4) is 0 Å². The predicted molar refractivity (Wildman–Crippen MR) is 190 cm³/mol. The van der Waals surface area contributed by atoms with Crippen LogP contribution >= 0.6 is 0 Å². The molecule has 1 saturated heterocycles. The lowest BCUT2D eigenvalue weighted by Gasteiger charge is -2.64.